The first kappa shape index (κ1) is 14.4. The highest BCUT2D eigenvalue weighted by molar-refractivity contribution is 5.78. The molecule has 2 saturated carbocycles. The van der Waals surface area contributed by atoms with Crippen molar-refractivity contribution in [3.63, 3.8) is 0 Å². The first-order chi connectivity index (χ1) is 9.16. The number of nitrogens with zero attached hydrogens (tertiary/aromatic N) is 1. The Morgan fingerprint density at radius 2 is 1.68 bits per heavy atom. The lowest BCUT2D eigenvalue weighted by Gasteiger charge is -2.30. The van der Waals surface area contributed by atoms with Crippen molar-refractivity contribution < 1.29 is 9.59 Å². The molecule has 4 heteroatoms. The number of nitrogens with one attached hydrogen (secondary N) is 1. The molecule has 19 heavy (non-hydrogen) atoms. The maximum atomic E-state index is 11.8. The molecule has 0 heterocycles. The predicted molar refractivity (Wildman–Crippen MR) is 74.7 cm³/mol. The smallest absolute Gasteiger partial charge is 0.221 e. The number of hydrogen-bond acceptors (Lipinski definition) is 2. The summed E-state index contributed by atoms with van der Waals surface area (Å²) in [6.07, 6.45) is 9.87. The molecule has 0 atom stereocenters. The van der Waals surface area contributed by atoms with Crippen LogP contribution in [0.3, 0.4) is 0 Å². The van der Waals surface area contributed by atoms with Crippen LogP contribution in [-0.2, 0) is 9.59 Å². The lowest BCUT2D eigenvalue weighted by Crippen LogP contribution is -2.41. The van der Waals surface area contributed by atoms with E-state index in [2.05, 4.69) is 5.32 Å². The van der Waals surface area contributed by atoms with Crippen LogP contribution in [0.1, 0.15) is 64.7 Å². The molecule has 2 aliphatic carbocycles. The van der Waals surface area contributed by atoms with Gasteiger partial charge in [0.25, 0.3) is 0 Å². The molecule has 1 N–H and O–H groups in total. The van der Waals surface area contributed by atoms with E-state index in [0.717, 1.165) is 25.7 Å². The van der Waals surface area contributed by atoms with E-state index >= 15 is 0 Å². The van der Waals surface area contributed by atoms with Gasteiger partial charge in [-0.25, -0.2) is 0 Å². The summed E-state index contributed by atoms with van der Waals surface area (Å²) in [5.74, 6) is 0.216. The molecule has 2 rings (SSSR count). The largest absolute Gasteiger partial charge is 0.353 e. The molecular weight excluding hydrogens is 240 g/mol. The molecule has 0 aliphatic heterocycles. The third-order valence-corrected chi connectivity index (χ3v) is 4.19. The average Bonchev–Trinajstić information content (AvgIpc) is 3.16. The van der Waals surface area contributed by atoms with Gasteiger partial charge >= 0.3 is 0 Å². The van der Waals surface area contributed by atoms with Crippen LogP contribution in [0.5, 0.6) is 0 Å². The van der Waals surface area contributed by atoms with E-state index in [1.807, 2.05) is 4.90 Å². The molecule has 108 valence electrons. The summed E-state index contributed by atoms with van der Waals surface area (Å²) in [6.45, 7) is 2.21. The zero-order chi connectivity index (χ0) is 13.7. The topological polar surface area (TPSA) is 49.4 Å². The third-order valence-electron chi connectivity index (χ3n) is 4.19. The van der Waals surface area contributed by atoms with E-state index in [9.17, 15) is 9.59 Å². The quantitative estimate of drug-likeness (QED) is 0.776. The summed E-state index contributed by atoms with van der Waals surface area (Å²) < 4.78 is 0. The minimum atomic E-state index is 0.0994. The van der Waals surface area contributed by atoms with Gasteiger partial charge in [-0.15, -0.1) is 0 Å². The van der Waals surface area contributed by atoms with Crippen LogP contribution in [0.15, 0.2) is 0 Å². The molecule has 0 saturated heterocycles. The minimum Gasteiger partial charge on any atom is -0.353 e. The van der Waals surface area contributed by atoms with Crippen LogP contribution >= 0.6 is 0 Å². The molecule has 4 nitrogen and oxygen atoms in total. The highest BCUT2D eigenvalue weighted by Gasteiger charge is 2.25. The Morgan fingerprint density at radius 3 is 2.21 bits per heavy atom. The van der Waals surface area contributed by atoms with Gasteiger partial charge in [-0.2, -0.15) is 0 Å². The van der Waals surface area contributed by atoms with E-state index < -0.39 is 0 Å². The van der Waals surface area contributed by atoms with Gasteiger partial charge in [-0.3, -0.25) is 9.59 Å². The van der Waals surface area contributed by atoms with Gasteiger partial charge in [0.15, 0.2) is 0 Å². The molecule has 0 bridgehead atoms. The van der Waals surface area contributed by atoms with E-state index in [1.165, 1.54) is 25.7 Å². The zero-order valence-corrected chi connectivity index (χ0v) is 12.0. The van der Waals surface area contributed by atoms with Gasteiger partial charge in [-0.1, -0.05) is 25.7 Å². The normalized spacial score (nSPS) is 20.7. The van der Waals surface area contributed by atoms with Crippen molar-refractivity contribution in [1.82, 2.24) is 10.2 Å². The second-order valence-corrected chi connectivity index (χ2v) is 5.95. The van der Waals surface area contributed by atoms with Gasteiger partial charge in [0.1, 0.15) is 0 Å². The first-order valence-corrected chi connectivity index (χ1v) is 7.73. The van der Waals surface area contributed by atoms with Crippen molar-refractivity contribution in [3.05, 3.63) is 0 Å². The summed E-state index contributed by atoms with van der Waals surface area (Å²) in [6, 6.07) is 0.768. The molecule has 0 aromatic rings. The zero-order valence-electron chi connectivity index (χ0n) is 12.0. The number of carbonyl (C=O) groups excluding carboxylic acids is 2. The number of rotatable bonds is 5. The summed E-state index contributed by atoms with van der Waals surface area (Å²) in [7, 11) is 0. The molecule has 0 unspecified atom stereocenters. The number of hydrogen-bond donors (Lipinski definition) is 1. The van der Waals surface area contributed by atoms with Crippen molar-refractivity contribution in [2.45, 2.75) is 76.8 Å². The predicted octanol–water partition coefficient (Wildman–Crippen LogP) is 2.23. The summed E-state index contributed by atoms with van der Waals surface area (Å²) in [5.41, 5.74) is 0. The highest BCUT2D eigenvalue weighted by atomic mass is 16.2. The first-order valence-electron chi connectivity index (χ1n) is 7.73. The Labute approximate surface area is 115 Å². The van der Waals surface area contributed by atoms with E-state index in [4.69, 9.17) is 0 Å². The van der Waals surface area contributed by atoms with Crippen molar-refractivity contribution in [2.24, 2.45) is 0 Å². The summed E-state index contributed by atoms with van der Waals surface area (Å²) in [4.78, 5) is 25.4. The molecule has 0 spiro atoms. The number of amides is 2. The highest BCUT2D eigenvalue weighted by Crippen LogP contribution is 2.22. The lowest BCUT2D eigenvalue weighted by atomic mass is 10.1. The Hall–Kier alpha value is -1.06. The molecule has 2 amide bonds. The third kappa shape index (κ3) is 4.84. The van der Waals surface area contributed by atoms with E-state index in [-0.39, 0.29) is 11.8 Å². The lowest BCUT2D eigenvalue weighted by molar-refractivity contribution is -0.132. The van der Waals surface area contributed by atoms with Gasteiger partial charge < -0.3 is 10.2 Å². The van der Waals surface area contributed by atoms with Crippen molar-refractivity contribution >= 4 is 11.8 Å². The SMILES string of the molecule is CC(=O)N(CCC(=O)NC1CC1)C1CCCCCC1. The average molecular weight is 266 g/mol. The summed E-state index contributed by atoms with van der Waals surface area (Å²) >= 11 is 0. The molecule has 0 aromatic heterocycles. The van der Waals surface area contributed by atoms with Crippen LogP contribution in [0, 0.1) is 0 Å². The molecule has 2 fully saturated rings. The van der Waals surface area contributed by atoms with Gasteiger partial charge in [0.2, 0.25) is 11.8 Å². The van der Waals surface area contributed by atoms with Crippen LogP contribution in [0.2, 0.25) is 0 Å². The summed E-state index contributed by atoms with van der Waals surface area (Å²) in [5, 5.41) is 2.99. The van der Waals surface area contributed by atoms with E-state index in [0.29, 0.717) is 25.0 Å². The van der Waals surface area contributed by atoms with Crippen LogP contribution in [-0.4, -0.2) is 35.3 Å². The molecular formula is C15H26N2O2. The van der Waals surface area contributed by atoms with Crippen molar-refractivity contribution in [3.8, 4) is 0 Å². The van der Waals surface area contributed by atoms with Crippen LogP contribution < -0.4 is 5.32 Å². The standard InChI is InChI=1S/C15H26N2O2/c1-12(18)17(14-6-4-2-3-5-7-14)11-10-15(19)16-13-8-9-13/h13-14H,2-11H2,1H3,(H,16,19). The Morgan fingerprint density at radius 1 is 1.05 bits per heavy atom. The molecule has 2 aliphatic rings. The van der Waals surface area contributed by atoms with Crippen molar-refractivity contribution in [2.75, 3.05) is 6.54 Å². The number of carbonyl (C=O) groups is 2. The fraction of sp³-hybridized carbons (Fsp3) is 0.867. The van der Waals surface area contributed by atoms with Crippen LogP contribution in [0.25, 0.3) is 0 Å². The monoisotopic (exact) mass is 266 g/mol. The van der Waals surface area contributed by atoms with Gasteiger partial charge in [0, 0.05) is 32.0 Å². The molecule has 0 radical (unpaired) electrons. The Bertz CT molecular complexity index is 318. The minimum absolute atomic E-state index is 0.0994. The second kappa shape index (κ2) is 6.92. The maximum Gasteiger partial charge on any atom is 0.221 e. The Balaban J connectivity index is 1.80. The fourth-order valence-corrected chi connectivity index (χ4v) is 2.92. The van der Waals surface area contributed by atoms with Gasteiger partial charge in [-0.05, 0) is 25.7 Å². The second-order valence-electron chi connectivity index (χ2n) is 5.95. The van der Waals surface area contributed by atoms with E-state index in [1.54, 1.807) is 6.92 Å². The van der Waals surface area contributed by atoms with Gasteiger partial charge in [0.05, 0.1) is 0 Å². The fourth-order valence-electron chi connectivity index (χ4n) is 2.92. The molecule has 0 aromatic carbocycles. The Kier molecular flexibility index (Phi) is 5.23. The maximum absolute atomic E-state index is 11.8. The van der Waals surface area contributed by atoms with Crippen LogP contribution in [0.4, 0.5) is 0 Å². The van der Waals surface area contributed by atoms with Crippen molar-refractivity contribution in [1.29, 1.82) is 0 Å².